The van der Waals surface area contributed by atoms with Crippen molar-refractivity contribution in [2.24, 2.45) is 17.8 Å². The Balaban J connectivity index is 1.25. The molecule has 5 nitrogen and oxygen atoms in total. The van der Waals surface area contributed by atoms with Crippen molar-refractivity contribution in [2.45, 2.75) is 38.3 Å². The number of carbonyl (C=O) groups excluding carboxylic acids is 1. The van der Waals surface area contributed by atoms with Gasteiger partial charge in [-0.1, -0.05) is 12.1 Å². The minimum Gasteiger partial charge on any atom is -0.497 e. The van der Waals surface area contributed by atoms with Gasteiger partial charge >= 0.3 is 0 Å². The molecule has 0 spiro atoms. The molecule has 0 aromatic heterocycles. The molecule has 5 heteroatoms. The van der Waals surface area contributed by atoms with Crippen LogP contribution in [-0.4, -0.2) is 50.3 Å². The van der Waals surface area contributed by atoms with Gasteiger partial charge in [0.25, 0.3) is 0 Å². The summed E-state index contributed by atoms with van der Waals surface area (Å²) in [5.41, 5.74) is 1.32. The minimum absolute atomic E-state index is 0.113. The Morgan fingerprint density at radius 3 is 2.81 bits per heavy atom. The van der Waals surface area contributed by atoms with Crippen LogP contribution < -0.4 is 10.1 Å². The van der Waals surface area contributed by atoms with Gasteiger partial charge in [-0.3, -0.25) is 9.69 Å². The molecule has 4 rings (SSSR count). The van der Waals surface area contributed by atoms with E-state index in [4.69, 9.17) is 9.47 Å². The number of fused-ring (bicyclic) bond motifs is 1. The van der Waals surface area contributed by atoms with Crippen molar-refractivity contribution in [3.63, 3.8) is 0 Å². The van der Waals surface area contributed by atoms with Crippen LogP contribution in [0.25, 0.3) is 0 Å². The van der Waals surface area contributed by atoms with Gasteiger partial charge in [0, 0.05) is 25.6 Å². The number of hydrogen-bond donors (Lipinski definition) is 1. The molecule has 3 aliphatic rings. The van der Waals surface area contributed by atoms with Gasteiger partial charge in [-0.2, -0.15) is 0 Å². The maximum absolute atomic E-state index is 12.2. The summed E-state index contributed by atoms with van der Waals surface area (Å²) >= 11 is 0. The topological polar surface area (TPSA) is 50.8 Å². The Labute approximate surface area is 156 Å². The normalized spacial score (nSPS) is 28.6. The molecule has 1 saturated carbocycles. The molecule has 1 aromatic carbocycles. The molecule has 0 bridgehead atoms. The Hall–Kier alpha value is -1.59. The van der Waals surface area contributed by atoms with Gasteiger partial charge in [-0.15, -0.1) is 0 Å². The van der Waals surface area contributed by atoms with Crippen LogP contribution in [0.3, 0.4) is 0 Å². The smallest absolute Gasteiger partial charge is 0.222 e. The number of methoxy groups -OCH3 is 1. The second-order valence-corrected chi connectivity index (χ2v) is 8.12. The van der Waals surface area contributed by atoms with E-state index >= 15 is 0 Å². The molecule has 1 N–H and O–H groups in total. The Morgan fingerprint density at radius 1 is 1.27 bits per heavy atom. The lowest BCUT2D eigenvalue weighted by atomic mass is 9.83. The van der Waals surface area contributed by atoms with Crippen molar-refractivity contribution < 1.29 is 14.3 Å². The Kier molecular flexibility index (Phi) is 5.46. The maximum Gasteiger partial charge on any atom is 0.222 e. The molecule has 0 radical (unpaired) electrons. The third-order valence-corrected chi connectivity index (χ3v) is 6.12. The average Bonchev–Trinajstić information content (AvgIpc) is 3.42. The number of benzene rings is 1. The van der Waals surface area contributed by atoms with Crippen LogP contribution >= 0.6 is 0 Å². The highest BCUT2D eigenvalue weighted by molar-refractivity contribution is 5.76. The van der Waals surface area contributed by atoms with Crippen LogP contribution in [0.1, 0.15) is 31.2 Å². The molecule has 3 fully saturated rings. The zero-order chi connectivity index (χ0) is 17.9. The molecule has 2 aliphatic heterocycles. The van der Waals surface area contributed by atoms with Crippen LogP contribution in [0.4, 0.5) is 0 Å². The van der Waals surface area contributed by atoms with E-state index in [1.165, 1.54) is 18.4 Å². The molecule has 3 atom stereocenters. The van der Waals surface area contributed by atoms with Gasteiger partial charge in [0.15, 0.2) is 0 Å². The largest absolute Gasteiger partial charge is 0.497 e. The third-order valence-electron chi connectivity index (χ3n) is 6.12. The van der Waals surface area contributed by atoms with E-state index < -0.39 is 0 Å². The van der Waals surface area contributed by atoms with E-state index in [-0.39, 0.29) is 12.0 Å². The number of hydrogen-bond acceptors (Lipinski definition) is 4. The molecular weight excluding hydrogens is 328 g/mol. The third kappa shape index (κ3) is 4.38. The summed E-state index contributed by atoms with van der Waals surface area (Å²) in [6.45, 7) is 4.77. The fourth-order valence-electron chi connectivity index (χ4n) is 4.34. The number of nitrogens with one attached hydrogen (secondary N) is 1. The summed E-state index contributed by atoms with van der Waals surface area (Å²) in [6, 6.07) is 8.33. The first-order chi connectivity index (χ1) is 12.7. The summed E-state index contributed by atoms with van der Waals surface area (Å²) in [6.07, 6.45) is 4.32. The average molecular weight is 358 g/mol. The molecule has 2 saturated heterocycles. The van der Waals surface area contributed by atoms with Gasteiger partial charge in [-0.05, 0) is 55.3 Å². The van der Waals surface area contributed by atoms with Crippen molar-refractivity contribution in [1.82, 2.24) is 10.2 Å². The van der Waals surface area contributed by atoms with E-state index in [1.807, 2.05) is 12.1 Å². The van der Waals surface area contributed by atoms with Crippen molar-refractivity contribution >= 4 is 5.91 Å². The summed E-state index contributed by atoms with van der Waals surface area (Å²) in [5.74, 6) is 2.90. The zero-order valence-corrected chi connectivity index (χ0v) is 15.7. The van der Waals surface area contributed by atoms with Gasteiger partial charge in [0.2, 0.25) is 5.91 Å². The van der Waals surface area contributed by atoms with Crippen LogP contribution in [0, 0.1) is 17.8 Å². The lowest BCUT2D eigenvalue weighted by Crippen LogP contribution is -2.42. The van der Waals surface area contributed by atoms with E-state index in [0.29, 0.717) is 18.3 Å². The number of rotatable bonds is 7. The quantitative estimate of drug-likeness (QED) is 0.813. The predicted octanol–water partition coefficient (Wildman–Crippen LogP) is 2.45. The fraction of sp³-hybridized carbons (Fsp3) is 0.667. The highest BCUT2D eigenvalue weighted by atomic mass is 16.5. The van der Waals surface area contributed by atoms with E-state index in [1.54, 1.807) is 7.11 Å². The van der Waals surface area contributed by atoms with E-state index in [2.05, 4.69) is 22.3 Å². The standard InChI is InChI=1S/C21H30N2O3/c1-25-18-6-4-16(5-7-18)12-23-9-8-19-17(13-23)14-26-20(19)10-21(24)22-11-15-2-3-15/h4-7,15,17,19-20H,2-3,8-14H2,1H3,(H,22,24)/t17-,19-,20+/m0/s1. The molecule has 1 aromatic rings. The molecule has 0 unspecified atom stereocenters. The number of carbonyl (C=O) groups is 1. The minimum atomic E-state index is 0.113. The van der Waals surface area contributed by atoms with Crippen molar-refractivity contribution in [1.29, 1.82) is 0 Å². The van der Waals surface area contributed by atoms with Crippen LogP contribution in [0.2, 0.25) is 0 Å². The fourth-order valence-corrected chi connectivity index (χ4v) is 4.34. The summed E-state index contributed by atoms with van der Waals surface area (Å²) in [7, 11) is 1.70. The molecule has 142 valence electrons. The first-order valence-corrected chi connectivity index (χ1v) is 9.95. The van der Waals surface area contributed by atoms with Gasteiger partial charge in [-0.25, -0.2) is 0 Å². The molecule has 1 amide bonds. The molecule has 26 heavy (non-hydrogen) atoms. The van der Waals surface area contributed by atoms with E-state index in [0.717, 1.165) is 50.9 Å². The second kappa shape index (κ2) is 7.97. The Bertz CT molecular complexity index is 614. The zero-order valence-electron chi connectivity index (χ0n) is 15.7. The summed E-state index contributed by atoms with van der Waals surface area (Å²) in [4.78, 5) is 14.7. The SMILES string of the molecule is COc1ccc(CN2CC[C@H]3[C@H](CO[C@@H]3CC(=O)NCC3CC3)C2)cc1. The van der Waals surface area contributed by atoms with Crippen LogP contribution in [0.5, 0.6) is 5.75 Å². The number of likely N-dealkylation sites (tertiary alicyclic amines) is 1. The van der Waals surface area contributed by atoms with Gasteiger partial charge < -0.3 is 14.8 Å². The number of piperidine rings is 1. The van der Waals surface area contributed by atoms with Crippen molar-refractivity contribution in [3.05, 3.63) is 29.8 Å². The predicted molar refractivity (Wildman–Crippen MR) is 100.0 cm³/mol. The van der Waals surface area contributed by atoms with Crippen LogP contribution in [0.15, 0.2) is 24.3 Å². The highest BCUT2D eigenvalue weighted by Crippen LogP contribution is 2.36. The second-order valence-electron chi connectivity index (χ2n) is 8.12. The lowest BCUT2D eigenvalue weighted by Gasteiger charge is -2.35. The summed E-state index contributed by atoms with van der Waals surface area (Å²) < 4.78 is 11.2. The van der Waals surface area contributed by atoms with Gasteiger partial charge in [0.1, 0.15) is 5.75 Å². The number of amides is 1. The Morgan fingerprint density at radius 2 is 2.08 bits per heavy atom. The van der Waals surface area contributed by atoms with Crippen LogP contribution in [-0.2, 0) is 16.1 Å². The monoisotopic (exact) mass is 358 g/mol. The van der Waals surface area contributed by atoms with Gasteiger partial charge in [0.05, 0.1) is 26.2 Å². The summed E-state index contributed by atoms with van der Waals surface area (Å²) in [5, 5.41) is 3.08. The number of ether oxygens (including phenoxy) is 2. The number of nitrogens with zero attached hydrogens (tertiary/aromatic N) is 1. The first kappa shape index (κ1) is 17.8. The van der Waals surface area contributed by atoms with Crippen molar-refractivity contribution in [3.8, 4) is 5.75 Å². The molecule has 1 aliphatic carbocycles. The molecule has 2 heterocycles. The lowest BCUT2D eigenvalue weighted by molar-refractivity contribution is -0.123. The van der Waals surface area contributed by atoms with Crippen molar-refractivity contribution in [2.75, 3.05) is 33.4 Å². The highest BCUT2D eigenvalue weighted by Gasteiger charge is 2.41. The van der Waals surface area contributed by atoms with E-state index in [9.17, 15) is 4.79 Å². The first-order valence-electron chi connectivity index (χ1n) is 9.95. The molecular formula is C21H30N2O3. The maximum atomic E-state index is 12.2.